The van der Waals surface area contributed by atoms with Gasteiger partial charge in [0.05, 0.1) is 12.2 Å². The Balaban J connectivity index is 1.42. The Bertz CT molecular complexity index is 943. The molecule has 0 radical (unpaired) electrons. The Hall–Kier alpha value is -2.75. The van der Waals surface area contributed by atoms with Crippen LogP contribution in [0.3, 0.4) is 0 Å². The van der Waals surface area contributed by atoms with Crippen molar-refractivity contribution in [3.8, 4) is 6.07 Å². The first-order valence-corrected chi connectivity index (χ1v) is 10.2. The lowest BCUT2D eigenvalue weighted by Gasteiger charge is -2.35. The molecule has 4 rings (SSSR count). The zero-order chi connectivity index (χ0) is 19.5. The Morgan fingerprint density at radius 3 is 2.39 bits per heavy atom. The van der Waals surface area contributed by atoms with Crippen molar-refractivity contribution in [1.29, 1.82) is 5.26 Å². The summed E-state index contributed by atoms with van der Waals surface area (Å²) >= 11 is 1.50. The van der Waals surface area contributed by atoms with E-state index in [-0.39, 0.29) is 11.4 Å². The molecule has 0 atom stereocenters. The third kappa shape index (κ3) is 3.64. The van der Waals surface area contributed by atoms with Gasteiger partial charge in [-0.3, -0.25) is 9.69 Å². The number of hydrogen-bond acceptors (Lipinski definition) is 6. The van der Waals surface area contributed by atoms with Gasteiger partial charge in [0.2, 0.25) is 0 Å². The summed E-state index contributed by atoms with van der Waals surface area (Å²) in [4.78, 5) is 20.4. The molecule has 2 aliphatic heterocycles. The second kappa shape index (κ2) is 8.09. The van der Waals surface area contributed by atoms with Crippen LogP contribution in [-0.4, -0.2) is 50.5 Å². The van der Waals surface area contributed by atoms with Crippen LogP contribution in [0.5, 0.6) is 0 Å². The van der Waals surface area contributed by atoms with E-state index in [1.165, 1.54) is 17.4 Å². The first-order valence-electron chi connectivity index (χ1n) is 9.38. The van der Waals surface area contributed by atoms with E-state index >= 15 is 0 Å². The van der Waals surface area contributed by atoms with E-state index < -0.39 is 0 Å². The molecule has 2 heterocycles. The van der Waals surface area contributed by atoms with Crippen LogP contribution in [0.2, 0.25) is 0 Å². The summed E-state index contributed by atoms with van der Waals surface area (Å²) < 4.78 is 0. The average molecular weight is 391 g/mol. The van der Waals surface area contributed by atoms with E-state index in [0.717, 1.165) is 41.8 Å². The average Bonchev–Trinajstić information content (AvgIpc) is 3.06. The number of benzene rings is 2. The van der Waals surface area contributed by atoms with Crippen molar-refractivity contribution in [3.05, 3.63) is 65.2 Å². The highest BCUT2D eigenvalue weighted by molar-refractivity contribution is 8.03. The highest BCUT2D eigenvalue weighted by Crippen LogP contribution is 2.46. The highest BCUT2D eigenvalue weighted by Gasteiger charge is 2.29. The van der Waals surface area contributed by atoms with E-state index in [1.54, 1.807) is 0 Å². The second-order valence-corrected chi connectivity index (χ2v) is 7.97. The fourth-order valence-corrected chi connectivity index (χ4v) is 4.80. The standard InChI is InChI=1S/C22H22N4OS/c1-24-19-9-5-6-10-21(19)28-22(24)18(15-23)20(27)16-25-11-13-26(14-12-25)17-7-3-2-4-8-17/h2-10H,11-14,16H2,1H3/b22-18-. The topological polar surface area (TPSA) is 50.6 Å². The number of carbonyl (C=O) groups is 1. The number of nitrogens with zero attached hydrogens (tertiary/aromatic N) is 4. The number of Topliss-reactive ketones (excluding diaryl/α,β-unsaturated/α-hetero) is 1. The molecule has 0 saturated carbocycles. The van der Waals surface area contributed by atoms with Gasteiger partial charge >= 0.3 is 0 Å². The van der Waals surface area contributed by atoms with Crippen molar-refractivity contribution in [2.75, 3.05) is 49.6 Å². The van der Waals surface area contributed by atoms with Crippen LogP contribution in [0.15, 0.2) is 70.1 Å². The lowest BCUT2D eigenvalue weighted by atomic mass is 10.1. The predicted octanol–water partition coefficient (Wildman–Crippen LogP) is 3.35. The first-order chi connectivity index (χ1) is 13.7. The van der Waals surface area contributed by atoms with Crippen molar-refractivity contribution in [3.63, 3.8) is 0 Å². The number of thioether (sulfide) groups is 1. The molecule has 0 aliphatic carbocycles. The lowest BCUT2D eigenvalue weighted by Crippen LogP contribution is -2.48. The van der Waals surface area contributed by atoms with E-state index in [9.17, 15) is 10.1 Å². The number of rotatable bonds is 4. The molecule has 5 nitrogen and oxygen atoms in total. The van der Waals surface area contributed by atoms with Crippen LogP contribution in [0.1, 0.15) is 0 Å². The van der Waals surface area contributed by atoms with Crippen molar-refractivity contribution in [2.45, 2.75) is 4.90 Å². The number of hydrogen-bond donors (Lipinski definition) is 0. The van der Waals surface area contributed by atoms with Gasteiger partial charge in [0, 0.05) is 43.8 Å². The SMILES string of the molecule is CN1/C(=C(\C#N)C(=O)CN2CCN(c3ccccc3)CC2)Sc2ccccc21. The van der Waals surface area contributed by atoms with Crippen molar-refractivity contribution < 1.29 is 4.79 Å². The minimum Gasteiger partial charge on any atom is -0.369 e. The maximum Gasteiger partial charge on any atom is 0.190 e. The van der Waals surface area contributed by atoms with Crippen LogP contribution < -0.4 is 9.80 Å². The molecule has 28 heavy (non-hydrogen) atoms. The Morgan fingerprint density at radius 1 is 1.04 bits per heavy atom. The molecule has 0 bridgehead atoms. The maximum absolute atomic E-state index is 12.9. The number of nitriles is 1. The smallest absolute Gasteiger partial charge is 0.190 e. The van der Waals surface area contributed by atoms with Gasteiger partial charge in [-0.05, 0) is 24.3 Å². The minimum absolute atomic E-state index is 0.0992. The van der Waals surface area contributed by atoms with Gasteiger partial charge in [0.1, 0.15) is 16.7 Å². The number of carbonyl (C=O) groups excluding carboxylic acids is 1. The Morgan fingerprint density at radius 2 is 1.71 bits per heavy atom. The molecule has 6 heteroatoms. The highest BCUT2D eigenvalue weighted by atomic mass is 32.2. The largest absolute Gasteiger partial charge is 0.369 e. The molecule has 0 amide bonds. The van der Waals surface area contributed by atoms with Crippen LogP contribution in [0.25, 0.3) is 0 Å². The fraction of sp³-hybridized carbons (Fsp3) is 0.273. The summed E-state index contributed by atoms with van der Waals surface area (Å²) in [6.45, 7) is 3.70. The van der Waals surface area contributed by atoms with Gasteiger partial charge in [-0.2, -0.15) is 5.26 Å². The van der Waals surface area contributed by atoms with E-state index in [2.05, 4.69) is 28.0 Å². The van der Waals surface area contributed by atoms with Crippen LogP contribution >= 0.6 is 11.8 Å². The third-order valence-corrected chi connectivity index (χ3v) is 6.44. The molecule has 142 valence electrons. The van der Waals surface area contributed by atoms with Crippen molar-refractivity contribution in [1.82, 2.24) is 4.90 Å². The van der Waals surface area contributed by atoms with E-state index in [0.29, 0.717) is 6.54 Å². The van der Waals surface area contributed by atoms with Crippen LogP contribution in [0.4, 0.5) is 11.4 Å². The van der Waals surface area contributed by atoms with Gasteiger partial charge in [-0.25, -0.2) is 0 Å². The van der Waals surface area contributed by atoms with Crippen molar-refractivity contribution >= 4 is 28.9 Å². The predicted molar refractivity (Wildman–Crippen MR) is 113 cm³/mol. The lowest BCUT2D eigenvalue weighted by molar-refractivity contribution is -0.116. The number of anilines is 2. The van der Waals surface area contributed by atoms with Crippen molar-refractivity contribution in [2.24, 2.45) is 0 Å². The molecule has 1 saturated heterocycles. The molecule has 2 aromatic rings. The molecule has 0 aromatic heterocycles. The van der Waals surface area contributed by atoms with E-state index in [4.69, 9.17) is 0 Å². The van der Waals surface area contributed by atoms with Gasteiger partial charge in [-0.1, -0.05) is 42.1 Å². The molecule has 0 spiro atoms. The Labute approximate surface area is 169 Å². The summed E-state index contributed by atoms with van der Waals surface area (Å²) in [5.74, 6) is -0.0992. The summed E-state index contributed by atoms with van der Waals surface area (Å²) in [5, 5.41) is 10.4. The van der Waals surface area contributed by atoms with Gasteiger partial charge in [0.25, 0.3) is 0 Å². The van der Waals surface area contributed by atoms with Crippen LogP contribution in [0, 0.1) is 11.3 Å². The van der Waals surface area contributed by atoms with Gasteiger partial charge < -0.3 is 9.80 Å². The molecule has 0 N–H and O–H groups in total. The molecular formula is C22H22N4OS. The number of para-hydroxylation sites is 2. The summed E-state index contributed by atoms with van der Waals surface area (Å²) in [7, 11) is 1.91. The third-order valence-electron chi connectivity index (χ3n) is 5.20. The molecule has 0 unspecified atom stereocenters. The second-order valence-electron chi connectivity index (χ2n) is 6.94. The molecule has 1 fully saturated rings. The molecule has 2 aromatic carbocycles. The summed E-state index contributed by atoms with van der Waals surface area (Å²) in [6.07, 6.45) is 0. The first kappa shape index (κ1) is 18.6. The molecule has 2 aliphatic rings. The normalized spacial score (nSPS) is 18.6. The number of ketones is 1. The monoisotopic (exact) mass is 390 g/mol. The minimum atomic E-state index is -0.0992. The Kier molecular flexibility index (Phi) is 5.38. The number of piperazine rings is 1. The van der Waals surface area contributed by atoms with Crippen LogP contribution in [-0.2, 0) is 4.79 Å². The quantitative estimate of drug-likeness (QED) is 0.589. The number of fused-ring (bicyclic) bond motifs is 1. The maximum atomic E-state index is 12.9. The van der Waals surface area contributed by atoms with E-state index in [1.807, 2.05) is 54.4 Å². The fourth-order valence-electron chi connectivity index (χ4n) is 3.64. The molecular weight excluding hydrogens is 368 g/mol. The summed E-state index contributed by atoms with van der Waals surface area (Å²) in [6, 6.07) is 20.5. The van der Waals surface area contributed by atoms with Gasteiger partial charge in [-0.15, -0.1) is 0 Å². The van der Waals surface area contributed by atoms with Gasteiger partial charge in [0.15, 0.2) is 5.78 Å². The zero-order valence-electron chi connectivity index (χ0n) is 15.8. The summed E-state index contributed by atoms with van der Waals surface area (Å²) in [5.41, 5.74) is 2.52. The zero-order valence-corrected chi connectivity index (χ0v) is 16.7.